The summed E-state index contributed by atoms with van der Waals surface area (Å²) in [5.74, 6) is -0.405. The Morgan fingerprint density at radius 3 is 2.40 bits per heavy atom. The maximum Gasteiger partial charge on any atom is 0.268 e. The van der Waals surface area contributed by atoms with Crippen molar-refractivity contribution >= 4 is 39.8 Å². The van der Waals surface area contributed by atoms with E-state index >= 15 is 0 Å². The molecule has 3 rings (SSSR count). The summed E-state index contributed by atoms with van der Waals surface area (Å²) in [5, 5.41) is 15.0. The number of hydrogen-bond donors (Lipinski definition) is 2. The van der Waals surface area contributed by atoms with Gasteiger partial charge < -0.3 is 10.4 Å². The molecule has 0 aliphatic heterocycles. The summed E-state index contributed by atoms with van der Waals surface area (Å²) >= 11 is 5.23. The highest BCUT2D eigenvalue weighted by atomic mass is 32.1. The summed E-state index contributed by atoms with van der Waals surface area (Å²) in [6.07, 6.45) is -1.42. The zero-order chi connectivity index (χ0) is 21.7. The summed E-state index contributed by atoms with van der Waals surface area (Å²) in [5.41, 5.74) is -2.37. The van der Waals surface area contributed by atoms with E-state index in [1.807, 2.05) is 0 Å². The average Bonchev–Trinajstić information content (AvgIpc) is 3.47. The second kappa shape index (κ2) is 10.2. The maximum atomic E-state index is 13.2. The average molecular weight is 470 g/mol. The number of carbonyl (C=O) groups excluding carboxylic acids is 1. The van der Waals surface area contributed by atoms with Crippen molar-refractivity contribution in [3.8, 4) is 19.5 Å². The largest absolute Gasteiger partial charge is 0.382 e. The van der Waals surface area contributed by atoms with Crippen molar-refractivity contribution < 1.29 is 18.7 Å². The molecule has 0 radical (unpaired) electrons. The predicted molar refractivity (Wildman–Crippen MR) is 123 cm³/mol. The third-order valence-electron chi connectivity index (χ3n) is 4.92. The number of carbonyl (C=O) groups is 1. The van der Waals surface area contributed by atoms with Gasteiger partial charge in [0.2, 0.25) is 0 Å². The lowest BCUT2D eigenvalue weighted by Gasteiger charge is -2.31. The number of alkyl halides is 2. The first-order valence-corrected chi connectivity index (χ1v) is 12.3. The normalized spacial score (nSPS) is 14.7. The van der Waals surface area contributed by atoms with Crippen LogP contribution in [0.4, 0.5) is 8.78 Å². The van der Waals surface area contributed by atoms with Gasteiger partial charge in [0.15, 0.2) is 5.78 Å². The van der Waals surface area contributed by atoms with E-state index in [2.05, 4.69) is 47.1 Å². The Hall–Kier alpha value is -1.45. The lowest BCUT2D eigenvalue weighted by molar-refractivity contribution is -0.141. The Kier molecular flexibility index (Phi) is 7.92. The first-order chi connectivity index (χ1) is 14.3. The van der Waals surface area contributed by atoms with Crippen molar-refractivity contribution in [2.45, 2.75) is 51.2 Å². The summed E-state index contributed by atoms with van der Waals surface area (Å²) < 4.78 is 26.3. The van der Waals surface area contributed by atoms with Crippen LogP contribution in [0.5, 0.6) is 0 Å². The topological polar surface area (TPSA) is 49.3 Å². The van der Waals surface area contributed by atoms with Gasteiger partial charge in [-0.05, 0) is 62.0 Å². The molecule has 2 atom stereocenters. The molecule has 0 spiro atoms. The van der Waals surface area contributed by atoms with Gasteiger partial charge in [0.05, 0.1) is 0 Å². The Balaban J connectivity index is 1.55. The maximum absolute atomic E-state index is 13.2. The van der Waals surface area contributed by atoms with Gasteiger partial charge in [0, 0.05) is 30.8 Å². The van der Waals surface area contributed by atoms with Crippen LogP contribution in [0.15, 0.2) is 41.8 Å². The number of nitrogens with one attached hydrogen (secondary N) is 1. The van der Waals surface area contributed by atoms with E-state index in [0.717, 1.165) is 13.3 Å². The molecule has 0 bridgehead atoms. The minimum Gasteiger partial charge on any atom is -0.382 e. The van der Waals surface area contributed by atoms with Gasteiger partial charge in [-0.3, -0.25) is 4.79 Å². The zero-order valence-corrected chi connectivity index (χ0v) is 19.3. The molecule has 8 heteroatoms. The second-order valence-electron chi connectivity index (χ2n) is 7.24. The summed E-state index contributed by atoms with van der Waals surface area (Å²) in [6.45, 7) is 3.01. The molecule has 3 nitrogen and oxygen atoms in total. The highest BCUT2D eigenvalue weighted by molar-refractivity contribution is 7.26. The van der Waals surface area contributed by atoms with Crippen LogP contribution in [0.3, 0.4) is 0 Å². The van der Waals surface area contributed by atoms with Crippen LogP contribution in [0.1, 0.15) is 31.6 Å². The zero-order valence-electron chi connectivity index (χ0n) is 16.9. The van der Waals surface area contributed by atoms with Crippen molar-refractivity contribution in [1.29, 1.82) is 0 Å². The lowest BCUT2D eigenvalue weighted by Crippen LogP contribution is -2.57. The molecule has 0 fully saturated rings. The van der Waals surface area contributed by atoms with Crippen molar-refractivity contribution in [3.05, 3.63) is 46.7 Å². The van der Waals surface area contributed by atoms with Crippen LogP contribution < -0.4 is 5.32 Å². The number of thiophene rings is 3. The number of Topliss-reactive ketones (excluding diaryl/α,β-unsaturated/α-hetero) is 1. The smallest absolute Gasteiger partial charge is 0.268 e. The van der Waals surface area contributed by atoms with Crippen molar-refractivity contribution in [3.63, 3.8) is 0 Å². The molecule has 2 N–H and O–H groups in total. The second-order valence-corrected chi connectivity index (χ2v) is 10.4. The van der Waals surface area contributed by atoms with E-state index in [0.29, 0.717) is 13.0 Å². The van der Waals surface area contributed by atoms with Gasteiger partial charge in [-0.15, -0.1) is 34.0 Å². The fraction of sp³-hybridized carbons (Fsp3) is 0.409. The number of aryl methyl sites for hydroxylation is 1. The van der Waals surface area contributed by atoms with Crippen molar-refractivity contribution in [1.82, 2.24) is 5.32 Å². The molecule has 162 valence electrons. The molecule has 30 heavy (non-hydrogen) atoms. The summed E-state index contributed by atoms with van der Waals surface area (Å²) in [4.78, 5) is 18.2. The summed E-state index contributed by atoms with van der Waals surface area (Å²) in [6, 6.07) is 11.4. The first kappa shape index (κ1) is 23.2. The van der Waals surface area contributed by atoms with Crippen LogP contribution >= 0.6 is 34.0 Å². The number of halogens is 2. The molecular formula is C22H25F2NO2S3. The highest BCUT2D eigenvalue weighted by Crippen LogP contribution is 2.39. The minimum absolute atomic E-state index is 0.100. The molecular weight excluding hydrogens is 444 g/mol. The van der Waals surface area contributed by atoms with Gasteiger partial charge >= 0.3 is 0 Å². The van der Waals surface area contributed by atoms with Crippen molar-refractivity contribution in [2.24, 2.45) is 0 Å². The fourth-order valence-electron chi connectivity index (χ4n) is 3.15. The number of aliphatic hydroxyl groups is 1. The minimum atomic E-state index is -2.99. The predicted octanol–water partition coefficient (Wildman–Crippen LogP) is 6.09. The van der Waals surface area contributed by atoms with Crippen LogP contribution in [0.25, 0.3) is 19.5 Å². The molecule has 3 heterocycles. The van der Waals surface area contributed by atoms with Gasteiger partial charge in [-0.25, -0.2) is 8.78 Å². The Labute approximate surface area is 187 Å². The molecule has 0 unspecified atom stereocenters. The standard InChI is InChI=1S/C22H25F2NO2S3/c1-3-15(26)20(22(2,27)21(23)24)25-12-4-6-14-8-9-18(29-14)19-11-10-17(30-19)16-7-5-13-28-16/h5,7-11,13,20-21,25,27H,3-4,6,12H2,1-2H3/t20-,22+/m1/s1. The Morgan fingerprint density at radius 1 is 1.10 bits per heavy atom. The summed E-state index contributed by atoms with van der Waals surface area (Å²) in [7, 11) is 0. The van der Waals surface area contributed by atoms with E-state index in [1.165, 1.54) is 24.4 Å². The third-order valence-corrected chi connectivity index (χ3v) is 8.41. The monoisotopic (exact) mass is 469 g/mol. The van der Waals surface area contributed by atoms with Crippen molar-refractivity contribution in [2.75, 3.05) is 6.54 Å². The quantitative estimate of drug-likeness (QED) is 0.334. The van der Waals surface area contributed by atoms with Gasteiger partial charge in [-0.2, -0.15) is 0 Å². The van der Waals surface area contributed by atoms with E-state index in [-0.39, 0.29) is 6.42 Å². The molecule has 0 amide bonds. The van der Waals surface area contributed by atoms with E-state index < -0.39 is 23.9 Å². The van der Waals surface area contributed by atoms with E-state index in [1.54, 1.807) is 40.9 Å². The molecule has 0 saturated heterocycles. The Bertz CT molecular complexity index is 947. The van der Waals surface area contributed by atoms with E-state index in [9.17, 15) is 18.7 Å². The molecule has 0 saturated carbocycles. The molecule has 3 aromatic heterocycles. The van der Waals surface area contributed by atoms with Crippen LogP contribution in [0.2, 0.25) is 0 Å². The number of ketones is 1. The Morgan fingerprint density at radius 2 is 1.77 bits per heavy atom. The van der Waals surface area contributed by atoms with Gasteiger partial charge in [-0.1, -0.05) is 13.0 Å². The SMILES string of the molecule is CCC(=O)[C@@H](NCCCc1ccc(-c2ccc(-c3cccs3)s2)s1)[C@](C)(O)C(F)F. The van der Waals surface area contributed by atoms with E-state index in [4.69, 9.17) is 0 Å². The van der Waals surface area contributed by atoms with Crippen LogP contribution in [0, 0.1) is 0 Å². The number of hydrogen-bond acceptors (Lipinski definition) is 6. The molecule has 0 aliphatic carbocycles. The van der Waals surface area contributed by atoms with Crippen LogP contribution in [-0.2, 0) is 11.2 Å². The third kappa shape index (κ3) is 5.42. The van der Waals surface area contributed by atoms with Gasteiger partial charge in [0.25, 0.3) is 6.43 Å². The van der Waals surface area contributed by atoms with Crippen LogP contribution in [-0.4, -0.2) is 35.5 Å². The molecule has 3 aromatic rings. The highest BCUT2D eigenvalue weighted by Gasteiger charge is 2.43. The molecule has 0 aliphatic rings. The molecule has 0 aromatic carbocycles. The fourth-order valence-corrected chi connectivity index (χ4v) is 6.13. The first-order valence-electron chi connectivity index (χ1n) is 9.82. The lowest BCUT2D eigenvalue weighted by atomic mass is 9.92. The number of rotatable bonds is 11. The van der Waals surface area contributed by atoms with Gasteiger partial charge in [0.1, 0.15) is 11.6 Å².